The maximum Gasteiger partial charge on any atom is 0.431 e. The van der Waals surface area contributed by atoms with Gasteiger partial charge in [-0.2, -0.15) is 18.3 Å². The van der Waals surface area contributed by atoms with Crippen LogP contribution in [0.4, 0.5) is 24.8 Å². The van der Waals surface area contributed by atoms with Gasteiger partial charge in [0.05, 0.1) is 17.3 Å². The Labute approximate surface area is 212 Å². The number of aromatic amines is 1. The van der Waals surface area contributed by atoms with Crippen molar-refractivity contribution in [3.05, 3.63) is 98.8 Å². The normalized spacial score (nSPS) is 12.6. The summed E-state index contributed by atoms with van der Waals surface area (Å²) in [6, 6.07) is 11.7. The van der Waals surface area contributed by atoms with Gasteiger partial charge in [-0.05, 0) is 49.2 Å². The molecule has 4 aromatic heterocycles. The highest BCUT2D eigenvalue weighted by Crippen LogP contribution is 2.35. The van der Waals surface area contributed by atoms with E-state index in [1.165, 1.54) is 9.08 Å². The molecule has 0 saturated carbocycles. The molecule has 0 fully saturated rings. The van der Waals surface area contributed by atoms with Crippen molar-refractivity contribution >= 4 is 17.2 Å². The van der Waals surface area contributed by atoms with Crippen LogP contribution in [0.3, 0.4) is 0 Å². The van der Waals surface area contributed by atoms with Gasteiger partial charge in [0.1, 0.15) is 29.2 Å². The summed E-state index contributed by atoms with van der Waals surface area (Å²) in [5.41, 5.74) is 5.13. The van der Waals surface area contributed by atoms with Gasteiger partial charge in [0.15, 0.2) is 5.82 Å². The lowest BCUT2D eigenvalue weighted by Crippen LogP contribution is -2.29. The van der Waals surface area contributed by atoms with E-state index >= 15 is 0 Å². The molecule has 0 saturated heterocycles. The Morgan fingerprint density at radius 3 is 2.53 bits per heavy atom. The predicted molar refractivity (Wildman–Crippen MR) is 135 cm³/mol. The lowest BCUT2D eigenvalue weighted by molar-refractivity contribution is -0.141. The Morgan fingerprint density at radius 2 is 1.82 bits per heavy atom. The molecule has 1 aromatic carbocycles. The average molecular weight is 522 g/mol. The number of nitrogens with zero attached hydrogens (tertiary/aromatic N) is 5. The van der Waals surface area contributed by atoms with E-state index in [4.69, 9.17) is 5.73 Å². The molecule has 194 valence electrons. The molecule has 0 aliphatic heterocycles. The minimum atomic E-state index is -4.79. The van der Waals surface area contributed by atoms with Crippen LogP contribution in [0, 0.1) is 6.92 Å². The molecule has 0 aliphatic carbocycles. The number of anilines is 2. The standard InChI is InChI=1S/C25H21F3N8O2/c1-13-8-9-35-20(13)24(38)36(16-6-4-3-5-7-16)23(34-35)14(2)32-22-19(21(29)30-12-31-22)15-10-17(25(26,27)28)33-18(37)11-15/h3-12,14H,1-2H3,(H,33,37)(H3,29,30,31,32). The third-order valence-electron chi connectivity index (χ3n) is 5.98. The number of halogens is 3. The Balaban J connectivity index is 1.66. The van der Waals surface area contributed by atoms with Crippen LogP contribution < -0.4 is 22.2 Å². The Morgan fingerprint density at radius 1 is 1.08 bits per heavy atom. The van der Waals surface area contributed by atoms with Gasteiger partial charge in [-0.3, -0.25) is 14.2 Å². The lowest BCUT2D eigenvalue weighted by Gasteiger charge is -2.21. The molecule has 0 radical (unpaired) electrons. The van der Waals surface area contributed by atoms with Crippen LogP contribution >= 0.6 is 0 Å². The number of rotatable bonds is 5. The van der Waals surface area contributed by atoms with Crippen LogP contribution in [-0.2, 0) is 6.18 Å². The number of benzene rings is 1. The van der Waals surface area contributed by atoms with Gasteiger partial charge in [-0.25, -0.2) is 14.5 Å². The Kier molecular flexibility index (Phi) is 5.97. The summed E-state index contributed by atoms with van der Waals surface area (Å²) in [6.07, 6.45) is -1.98. The van der Waals surface area contributed by atoms with E-state index in [9.17, 15) is 22.8 Å². The zero-order chi connectivity index (χ0) is 27.2. The largest absolute Gasteiger partial charge is 0.431 e. The average Bonchev–Trinajstić information content (AvgIpc) is 3.24. The van der Waals surface area contributed by atoms with Crippen molar-refractivity contribution in [2.75, 3.05) is 11.1 Å². The fraction of sp³-hybridized carbons (Fsp3) is 0.160. The van der Waals surface area contributed by atoms with E-state index in [1.807, 2.05) is 13.0 Å². The molecule has 4 heterocycles. The molecular weight excluding hydrogens is 501 g/mol. The van der Waals surface area contributed by atoms with Crippen molar-refractivity contribution in [1.29, 1.82) is 0 Å². The van der Waals surface area contributed by atoms with Gasteiger partial charge >= 0.3 is 6.18 Å². The van der Waals surface area contributed by atoms with Crippen molar-refractivity contribution in [2.24, 2.45) is 0 Å². The predicted octanol–water partition coefficient (Wildman–Crippen LogP) is 3.71. The molecule has 38 heavy (non-hydrogen) atoms. The molecule has 5 rings (SSSR count). The molecule has 0 amide bonds. The molecule has 13 heteroatoms. The third kappa shape index (κ3) is 4.38. The highest BCUT2D eigenvalue weighted by atomic mass is 19.4. The van der Waals surface area contributed by atoms with Crippen molar-refractivity contribution in [3.8, 4) is 16.8 Å². The molecular formula is C25H21F3N8O2. The number of hydrogen-bond donors (Lipinski definition) is 3. The highest BCUT2D eigenvalue weighted by molar-refractivity contribution is 5.83. The number of aryl methyl sites for hydroxylation is 1. The van der Waals surface area contributed by atoms with E-state index in [2.05, 4.69) is 20.4 Å². The number of pyridine rings is 1. The number of hydrogen-bond acceptors (Lipinski definition) is 7. The summed E-state index contributed by atoms with van der Waals surface area (Å²) in [4.78, 5) is 35.5. The number of fused-ring (bicyclic) bond motifs is 1. The molecule has 0 bridgehead atoms. The first-order chi connectivity index (χ1) is 18.0. The van der Waals surface area contributed by atoms with Crippen molar-refractivity contribution < 1.29 is 13.2 Å². The van der Waals surface area contributed by atoms with Crippen LogP contribution in [0.25, 0.3) is 22.3 Å². The lowest BCUT2D eigenvalue weighted by atomic mass is 10.1. The minimum Gasteiger partial charge on any atom is -0.383 e. The van der Waals surface area contributed by atoms with E-state index in [-0.39, 0.29) is 28.3 Å². The van der Waals surface area contributed by atoms with Gasteiger partial charge in [0.2, 0.25) is 5.56 Å². The number of para-hydroxylation sites is 1. The number of aromatic nitrogens is 6. The third-order valence-corrected chi connectivity index (χ3v) is 5.98. The summed E-state index contributed by atoms with van der Waals surface area (Å²) in [7, 11) is 0. The SMILES string of the molecule is Cc1ccn2nc(C(C)Nc3ncnc(N)c3-c3cc(C(F)(F)F)[nH]c(=O)c3)n(-c3ccccc3)c(=O)c12. The number of nitrogens with one attached hydrogen (secondary N) is 2. The molecule has 10 nitrogen and oxygen atoms in total. The van der Waals surface area contributed by atoms with Crippen LogP contribution in [-0.4, -0.2) is 29.1 Å². The first kappa shape index (κ1) is 24.7. The van der Waals surface area contributed by atoms with E-state index in [0.717, 1.165) is 24.0 Å². The maximum absolute atomic E-state index is 13.6. The molecule has 5 aromatic rings. The zero-order valence-corrected chi connectivity index (χ0v) is 20.1. The molecule has 0 spiro atoms. The van der Waals surface area contributed by atoms with Crippen LogP contribution in [0.1, 0.15) is 30.0 Å². The first-order valence-corrected chi connectivity index (χ1v) is 11.4. The van der Waals surface area contributed by atoms with Crippen LogP contribution in [0.5, 0.6) is 0 Å². The van der Waals surface area contributed by atoms with Gasteiger partial charge in [0.25, 0.3) is 5.56 Å². The summed E-state index contributed by atoms with van der Waals surface area (Å²) in [6.45, 7) is 3.52. The fourth-order valence-corrected chi connectivity index (χ4v) is 4.24. The maximum atomic E-state index is 13.6. The molecule has 4 N–H and O–H groups in total. The number of H-pyrrole nitrogens is 1. The first-order valence-electron chi connectivity index (χ1n) is 11.4. The quantitative estimate of drug-likeness (QED) is 0.320. The van der Waals surface area contributed by atoms with Crippen LogP contribution in [0.15, 0.2) is 70.6 Å². The summed E-state index contributed by atoms with van der Waals surface area (Å²) < 4.78 is 43.1. The molecule has 0 aliphatic rings. The number of nitrogen functional groups attached to an aromatic ring is 1. The summed E-state index contributed by atoms with van der Waals surface area (Å²) in [5, 5.41) is 7.75. The smallest absolute Gasteiger partial charge is 0.383 e. The van der Waals surface area contributed by atoms with E-state index in [1.54, 1.807) is 48.4 Å². The molecule has 1 unspecified atom stereocenters. The van der Waals surface area contributed by atoms with Gasteiger partial charge in [-0.15, -0.1) is 0 Å². The minimum absolute atomic E-state index is 0.00226. The van der Waals surface area contributed by atoms with Gasteiger partial charge < -0.3 is 16.0 Å². The van der Waals surface area contributed by atoms with Crippen molar-refractivity contribution in [3.63, 3.8) is 0 Å². The van der Waals surface area contributed by atoms with Gasteiger partial charge in [-0.1, -0.05) is 18.2 Å². The van der Waals surface area contributed by atoms with Crippen molar-refractivity contribution in [2.45, 2.75) is 26.1 Å². The second kappa shape index (κ2) is 9.18. The Hall–Kier alpha value is -4.94. The second-order valence-corrected chi connectivity index (χ2v) is 8.62. The molecule has 1 atom stereocenters. The topological polar surface area (TPSA) is 136 Å². The van der Waals surface area contributed by atoms with Crippen LogP contribution in [0.2, 0.25) is 0 Å². The summed E-state index contributed by atoms with van der Waals surface area (Å²) in [5.74, 6) is 0.217. The van der Waals surface area contributed by atoms with Gasteiger partial charge in [0, 0.05) is 12.3 Å². The highest BCUT2D eigenvalue weighted by Gasteiger charge is 2.33. The Bertz CT molecular complexity index is 1770. The number of alkyl halides is 3. The number of nitrogens with two attached hydrogens (primary N) is 1. The monoisotopic (exact) mass is 522 g/mol. The zero-order valence-electron chi connectivity index (χ0n) is 20.1. The van der Waals surface area contributed by atoms with Crippen molar-refractivity contribution in [1.82, 2.24) is 29.1 Å². The summed E-state index contributed by atoms with van der Waals surface area (Å²) >= 11 is 0. The van der Waals surface area contributed by atoms with E-state index < -0.39 is 23.5 Å². The van der Waals surface area contributed by atoms with E-state index in [0.29, 0.717) is 17.0 Å². The fourth-order valence-electron chi connectivity index (χ4n) is 4.24. The second-order valence-electron chi connectivity index (χ2n) is 8.62.